The fourth-order valence-corrected chi connectivity index (χ4v) is 15.0. The van der Waals surface area contributed by atoms with Crippen LogP contribution in [0.25, 0.3) is 10.8 Å². The van der Waals surface area contributed by atoms with Gasteiger partial charge in [0.25, 0.3) is 10.1 Å². The van der Waals surface area contributed by atoms with Gasteiger partial charge in [-0.15, -0.1) is 0 Å². The fourth-order valence-electron chi connectivity index (χ4n) is 8.52. The van der Waals surface area contributed by atoms with Crippen molar-refractivity contribution >= 4 is 37.2 Å². The van der Waals surface area contributed by atoms with E-state index in [0.29, 0.717) is 30.0 Å². The molecule has 268 valence electrons. The van der Waals surface area contributed by atoms with Crippen LogP contribution in [0.15, 0.2) is 47.4 Å². The zero-order chi connectivity index (χ0) is 35.0. The molecular formula is C31H33F9O6S2. The number of alkyl halides is 9. The van der Waals surface area contributed by atoms with E-state index >= 15 is 0 Å². The van der Waals surface area contributed by atoms with Gasteiger partial charge in [0.2, 0.25) is 0 Å². The highest BCUT2D eigenvalue weighted by Gasteiger charge is 2.77. The minimum absolute atomic E-state index is 0.0546. The summed E-state index contributed by atoms with van der Waals surface area (Å²) in [6.45, 7) is -1.71. The van der Waals surface area contributed by atoms with Crippen LogP contribution < -0.4 is 0 Å². The first kappa shape index (κ1) is 35.6. The van der Waals surface area contributed by atoms with Gasteiger partial charge >= 0.3 is 30.1 Å². The number of esters is 1. The second kappa shape index (κ2) is 11.9. The minimum Gasteiger partial charge on any atom is -0.438 e. The highest BCUT2D eigenvalue weighted by atomic mass is 32.3. The summed E-state index contributed by atoms with van der Waals surface area (Å²) >= 11 is 0. The number of carbonyl (C=O) groups excluding carboxylic acids is 1. The summed E-state index contributed by atoms with van der Waals surface area (Å²) in [4.78, 5) is 13.6. The number of ether oxygens (including phenoxy) is 2. The number of hydrogen-bond donors (Lipinski definition) is 0. The molecule has 48 heavy (non-hydrogen) atoms. The highest BCUT2D eigenvalue weighted by molar-refractivity contribution is 8.33. The molecule has 0 amide bonds. The number of rotatable bonds is 9. The Morgan fingerprint density at radius 1 is 0.833 bits per heavy atom. The molecule has 6 nitrogen and oxygen atoms in total. The third-order valence-corrected chi connectivity index (χ3v) is 15.7. The average Bonchev–Trinajstić information content (AvgIpc) is 3.36. The van der Waals surface area contributed by atoms with E-state index in [4.69, 9.17) is 8.37 Å². The van der Waals surface area contributed by atoms with Crippen LogP contribution in [-0.4, -0.2) is 68.5 Å². The summed E-state index contributed by atoms with van der Waals surface area (Å²) in [5.41, 5.74) is -7.06. The molecule has 5 fully saturated rings. The van der Waals surface area contributed by atoms with Crippen molar-refractivity contribution in [1.29, 1.82) is 0 Å². The van der Waals surface area contributed by atoms with Crippen molar-refractivity contribution < 1.29 is 65.8 Å². The first-order valence-electron chi connectivity index (χ1n) is 15.4. The van der Waals surface area contributed by atoms with Crippen molar-refractivity contribution in [1.82, 2.24) is 0 Å². The average molecular weight is 737 g/mol. The van der Waals surface area contributed by atoms with E-state index in [2.05, 4.69) is 4.74 Å². The van der Waals surface area contributed by atoms with E-state index < -0.39 is 80.2 Å². The monoisotopic (exact) mass is 736 g/mol. The topological polar surface area (TPSA) is 78.9 Å². The van der Waals surface area contributed by atoms with Crippen molar-refractivity contribution in [3.8, 4) is 0 Å². The molecule has 4 bridgehead atoms. The maximum atomic E-state index is 14.7. The van der Waals surface area contributed by atoms with Crippen molar-refractivity contribution in [3.63, 3.8) is 0 Å². The molecule has 2 atom stereocenters. The molecule has 4 aliphatic carbocycles. The molecular weight excluding hydrogens is 703 g/mol. The fraction of sp³-hybridized carbons (Fsp3) is 0.645. The third-order valence-electron chi connectivity index (χ3n) is 10.1. The van der Waals surface area contributed by atoms with Gasteiger partial charge in [0.15, 0.2) is 0 Å². The van der Waals surface area contributed by atoms with Gasteiger partial charge in [-0.3, -0.25) is 4.79 Å². The lowest BCUT2D eigenvalue weighted by molar-refractivity contribution is -0.364. The first-order valence-corrected chi connectivity index (χ1v) is 18.9. The van der Waals surface area contributed by atoms with Gasteiger partial charge in [-0.25, -0.2) is 3.63 Å². The van der Waals surface area contributed by atoms with Crippen LogP contribution in [0.3, 0.4) is 0 Å². The smallest absolute Gasteiger partial charge is 0.438 e. The Bertz CT molecular complexity index is 1600. The van der Waals surface area contributed by atoms with Crippen LogP contribution in [0.4, 0.5) is 39.5 Å². The Balaban J connectivity index is 1.36. The highest BCUT2D eigenvalue weighted by Crippen LogP contribution is 2.65. The van der Waals surface area contributed by atoms with Crippen molar-refractivity contribution in [2.75, 3.05) is 23.9 Å². The van der Waals surface area contributed by atoms with Crippen LogP contribution in [0.2, 0.25) is 0 Å². The molecule has 5 aliphatic rings. The molecule has 0 spiro atoms. The van der Waals surface area contributed by atoms with E-state index in [1.807, 2.05) is 0 Å². The zero-order valence-corrected chi connectivity index (χ0v) is 26.9. The summed E-state index contributed by atoms with van der Waals surface area (Å²) in [6, 6.07) is 10.8. The quantitative estimate of drug-likeness (QED) is 0.191. The summed E-state index contributed by atoms with van der Waals surface area (Å²) in [7, 11) is -9.32. The Morgan fingerprint density at radius 2 is 1.40 bits per heavy atom. The van der Waals surface area contributed by atoms with E-state index in [-0.39, 0.29) is 54.1 Å². The molecule has 1 aliphatic heterocycles. The number of hydrogen-bond acceptors (Lipinski definition) is 6. The van der Waals surface area contributed by atoms with Crippen molar-refractivity contribution in [3.05, 3.63) is 42.5 Å². The zero-order valence-electron chi connectivity index (χ0n) is 25.3. The maximum absolute atomic E-state index is 14.7. The molecule has 0 N–H and O–H groups in total. The lowest BCUT2D eigenvalue weighted by Crippen LogP contribution is -2.65. The molecule has 7 rings (SSSR count). The third kappa shape index (κ3) is 6.64. The molecule has 17 heteroatoms. The minimum atomic E-state index is -6.43. The van der Waals surface area contributed by atoms with Crippen LogP contribution in [0.1, 0.15) is 44.9 Å². The Labute approximate surface area is 272 Å². The molecule has 1 heterocycles. The standard InChI is InChI=1S/C31H33F9O6S2/c32-29(33,34)17-44-23-8-9-47(16-23,25-7-3-5-22-4-1-2-6-24(22)25)46-48(42,43)18-28(30(35,36)37,31(38,39)40)45-26(41)27-13-19-10-20(14-27)12-21(11-19)15-27/h1-7,19-21,23H,8-18H2. The predicted molar refractivity (Wildman–Crippen MR) is 156 cm³/mol. The molecule has 2 unspecified atom stereocenters. The van der Waals surface area contributed by atoms with Gasteiger partial charge in [0, 0.05) is 16.4 Å². The number of carbonyl (C=O) groups is 1. The summed E-state index contributed by atoms with van der Waals surface area (Å²) < 4.78 is 169. The molecule has 1 saturated heterocycles. The molecule has 2 aromatic rings. The second-order valence-corrected chi connectivity index (χ2v) is 18.4. The van der Waals surface area contributed by atoms with Gasteiger partial charge in [-0.05, 0) is 79.5 Å². The normalized spacial score (nSPS) is 32.4. The SMILES string of the molecule is O=C(OC(CS(=O)(=O)OS1(c2cccc3ccccc23)CCC(OCC(F)(F)F)C1)(C(F)(F)F)C(F)(F)F)C12CC3CC(CC(C3)C1)C2. The van der Waals surface area contributed by atoms with Gasteiger partial charge in [-0.2, -0.15) is 47.9 Å². The molecule has 2 aromatic carbocycles. The van der Waals surface area contributed by atoms with Crippen LogP contribution >= 0.6 is 10.3 Å². The predicted octanol–water partition coefficient (Wildman–Crippen LogP) is 8.24. The first-order chi connectivity index (χ1) is 22.2. The number of fused-ring (bicyclic) bond motifs is 1. The number of benzene rings is 2. The lowest BCUT2D eigenvalue weighted by Gasteiger charge is -2.55. The molecule has 0 aromatic heterocycles. The van der Waals surface area contributed by atoms with E-state index in [1.54, 1.807) is 24.3 Å². The van der Waals surface area contributed by atoms with E-state index in [1.165, 1.54) is 18.2 Å². The van der Waals surface area contributed by atoms with Crippen LogP contribution in [-0.2, 0) is 28.0 Å². The largest absolute Gasteiger partial charge is 0.438 e. The van der Waals surface area contributed by atoms with E-state index in [0.717, 1.165) is 0 Å². The molecule has 4 saturated carbocycles. The summed E-state index contributed by atoms with van der Waals surface area (Å²) in [5.74, 6) is -5.60. The van der Waals surface area contributed by atoms with Crippen molar-refractivity contribution in [2.24, 2.45) is 23.2 Å². The number of halogens is 9. The van der Waals surface area contributed by atoms with Gasteiger partial charge in [-0.1, -0.05) is 46.7 Å². The van der Waals surface area contributed by atoms with Gasteiger partial charge < -0.3 is 9.47 Å². The Kier molecular flexibility index (Phi) is 8.84. The van der Waals surface area contributed by atoms with Gasteiger partial charge in [0.05, 0.1) is 11.5 Å². The van der Waals surface area contributed by atoms with Crippen LogP contribution in [0, 0.1) is 23.2 Å². The second-order valence-electron chi connectivity index (χ2n) is 13.7. The maximum Gasteiger partial charge on any atom is 0.438 e. The van der Waals surface area contributed by atoms with E-state index in [9.17, 15) is 52.7 Å². The summed E-state index contributed by atoms with van der Waals surface area (Å²) in [5, 5.41) is 0.875. The van der Waals surface area contributed by atoms with Crippen LogP contribution in [0.5, 0.6) is 0 Å². The van der Waals surface area contributed by atoms with Crippen molar-refractivity contribution in [2.45, 2.75) is 80.1 Å². The Hall–Kier alpha value is -2.24. The van der Waals surface area contributed by atoms with Gasteiger partial charge in [0.1, 0.15) is 12.4 Å². The lowest BCUT2D eigenvalue weighted by atomic mass is 9.49. The summed E-state index contributed by atoms with van der Waals surface area (Å²) in [6.07, 6.45) is -16.8. The Morgan fingerprint density at radius 3 is 1.96 bits per heavy atom. The molecule has 0 radical (unpaired) electrons.